The van der Waals surface area contributed by atoms with Crippen molar-refractivity contribution < 1.29 is 34.3 Å². The number of aliphatic hydroxyl groups is 3. The zero-order valence-corrected chi connectivity index (χ0v) is 15.6. The van der Waals surface area contributed by atoms with E-state index >= 15 is 0 Å². The molecule has 0 radical (unpaired) electrons. The van der Waals surface area contributed by atoms with E-state index in [0.29, 0.717) is 32.7 Å². The number of carbonyl (C=O) groups is 1. The van der Waals surface area contributed by atoms with Crippen molar-refractivity contribution in [1.82, 2.24) is 4.90 Å². The number of carbonyl (C=O) groups excluding carboxylic acids is 1. The highest BCUT2D eigenvalue weighted by Crippen LogP contribution is 2.22. The standard InChI is InChI=1S/C18H33NO7/c1-2-3-4-5-6-7-14-25-12-13(20)17(26-14)15(21)16(22)18(23)19-8-10-24-11-9-19/h13-17,20-22H,2-12H2,1H3/t13-,14?,15-,16-,17-/m1/s1. The molecule has 0 aromatic heterocycles. The molecule has 2 fully saturated rings. The summed E-state index contributed by atoms with van der Waals surface area (Å²) in [5.74, 6) is -0.570. The molecule has 0 spiro atoms. The van der Waals surface area contributed by atoms with E-state index in [4.69, 9.17) is 14.2 Å². The van der Waals surface area contributed by atoms with Gasteiger partial charge >= 0.3 is 0 Å². The van der Waals surface area contributed by atoms with Crippen molar-refractivity contribution >= 4 is 5.91 Å². The van der Waals surface area contributed by atoms with Crippen LogP contribution >= 0.6 is 0 Å². The summed E-state index contributed by atoms with van der Waals surface area (Å²) in [6.45, 7) is 3.74. The summed E-state index contributed by atoms with van der Waals surface area (Å²) in [7, 11) is 0. The third-order valence-corrected chi connectivity index (χ3v) is 4.92. The molecule has 1 amide bonds. The lowest BCUT2D eigenvalue weighted by atomic mass is 10.0. The summed E-state index contributed by atoms with van der Waals surface area (Å²) >= 11 is 0. The molecule has 2 aliphatic rings. The van der Waals surface area contributed by atoms with Crippen molar-refractivity contribution in [3.8, 4) is 0 Å². The molecule has 0 aliphatic carbocycles. The van der Waals surface area contributed by atoms with Crippen LogP contribution in [0.1, 0.15) is 45.4 Å². The lowest BCUT2D eigenvalue weighted by Crippen LogP contribution is -2.57. The lowest BCUT2D eigenvalue weighted by Gasteiger charge is -2.38. The van der Waals surface area contributed by atoms with E-state index in [-0.39, 0.29) is 6.61 Å². The first-order valence-corrected chi connectivity index (χ1v) is 9.72. The van der Waals surface area contributed by atoms with Gasteiger partial charge in [-0.1, -0.05) is 32.6 Å². The molecule has 8 nitrogen and oxygen atoms in total. The number of unbranched alkanes of at least 4 members (excludes halogenated alkanes) is 4. The second kappa shape index (κ2) is 11.2. The van der Waals surface area contributed by atoms with Crippen molar-refractivity contribution in [1.29, 1.82) is 0 Å². The highest BCUT2D eigenvalue weighted by atomic mass is 16.7. The van der Waals surface area contributed by atoms with Crippen molar-refractivity contribution in [2.24, 2.45) is 0 Å². The molecule has 2 rings (SSSR count). The zero-order valence-electron chi connectivity index (χ0n) is 15.6. The molecule has 152 valence electrons. The van der Waals surface area contributed by atoms with Gasteiger partial charge in [-0.15, -0.1) is 0 Å². The Hall–Kier alpha value is -0.770. The van der Waals surface area contributed by atoms with E-state index in [1.54, 1.807) is 0 Å². The summed E-state index contributed by atoms with van der Waals surface area (Å²) < 4.78 is 16.3. The van der Waals surface area contributed by atoms with E-state index in [9.17, 15) is 20.1 Å². The second-order valence-electron chi connectivity index (χ2n) is 7.01. The maximum absolute atomic E-state index is 12.3. The molecule has 0 aromatic rings. The molecule has 2 aliphatic heterocycles. The van der Waals surface area contributed by atoms with Crippen LogP contribution in [0.5, 0.6) is 0 Å². The molecule has 5 atom stereocenters. The van der Waals surface area contributed by atoms with Gasteiger partial charge < -0.3 is 34.4 Å². The van der Waals surface area contributed by atoms with Gasteiger partial charge in [0, 0.05) is 13.1 Å². The first kappa shape index (κ1) is 21.5. The fraction of sp³-hybridized carbons (Fsp3) is 0.944. The van der Waals surface area contributed by atoms with E-state index in [1.807, 2.05) is 0 Å². The molecule has 1 unspecified atom stereocenters. The number of aliphatic hydroxyl groups excluding tert-OH is 3. The Morgan fingerprint density at radius 1 is 1.15 bits per heavy atom. The van der Waals surface area contributed by atoms with Gasteiger partial charge in [-0.3, -0.25) is 4.79 Å². The quantitative estimate of drug-likeness (QED) is 0.488. The van der Waals surface area contributed by atoms with Crippen LogP contribution in [0.3, 0.4) is 0 Å². The van der Waals surface area contributed by atoms with Crippen LogP contribution in [-0.2, 0) is 19.0 Å². The van der Waals surface area contributed by atoms with Gasteiger partial charge in [-0.05, 0) is 12.8 Å². The van der Waals surface area contributed by atoms with Crippen LogP contribution in [0.4, 0.5) is 0 Å². The molecule has 0 saturated carbocycles. The minimum Gasteiger partial charge on any atom is -0.388 e. The van der Waals surface area contributed by atoms with E-state index in [2.05, 4.69) is 6.92 Å². The molecule has 2 saturated heterocycles. The highest BCUT2D eigenvalue weighted by Gasteiger charge is 2.42. The fourth-order valence-corrected chi connectivity index (χ4v) is 3.28. The number of morpholine rings is 1. The van der Waals surface area contributed by atoms with Crippen LogP contribution in [-0.4, -0.2) is 89.7 Å². The Morgan fingerprint density at radius 3 is 2.54 bits per heavy atom. The Labute approximate surface area is 155 Å². The van der Waals surface area contributed by atoms with Crippen LogP contribution in [0.2, 0.25) is 0 Å². The normalized spacial score (nSPS) is 29.4. The van der Waals surface area contributed by atoms with Crippen molar-refractivity contribution in [2.45, 2.75) is 76.2 Å². The lowest BCUT2D eigenvalue weighted by molar-refractivity contribution is -0.279. The monoisotopic (exact) mass is 375 g/mol. The Bertz CT molecular complexity index is 416. The fourth-order valence-electron chi connectivity index (χ4n) is 3.28. The van der Waals surface area contributed by atoms with Gasteiger partial charge in [0.1, 0.15) is 18.3 Å². The summed E-state index contributed by atoms with van der Waals surface area (Å²) in [5.41, 5.74) is 0. The third-order valence-electron chi connectivity index (χ3n) is 4.92. The summed E-state index contributed by atoms with van der Waals surface area (Å²) in [4.78, 5) is 13.8. The van der Waals surface area contributed by atoms with Crippen molar-refractivity contribution in [3.63, 3.8) is 0 Å². The average molecular weight is 375 g/mol. The molecule has 0 aromatic carbocycles. The van der Waals surface area contributed by atoms with Crippen molar-refractivity contribution in [2.75, 3.05) is 32.9 Å². The number of ether oxygens (including phenoxy) is 3. The predicted molar refractivity (Wildman–Crippen MR) is 93.4 cm³/mol. The Morgan fingerprint density at radius 2 is 1.85 bits per heavy atom. The molecule has 2 heterocycles. The van der Waals surface area contributed by atoms with Crippen LogP contribution in [0, 0.1) is 0 Å². The number of rotatable bonds is 9. The number of hydrogen-bond donors (Lipinski definition) is 3. The average Bonchev–Trinajstić information content (AvgIpc) is 2.68. The largest absolute Gasteiger partial charge is 0.388 e. The van der Waals surface area contributed by atoms with Crippen LogP contribution in [0.25, 0.3) is 0 Å². The minimum absolute atomic E-state index is 0.0137. The SMILES string of the molecule is CCCCCCCC1OC[C@@H](O)[C@H]([C@H](O)[C@@H](O)C(=O)N2CCOCC2)O1. The van der Waals surface area contributed by atoms with Gasteiger partial charge in [0.15, 0.2) is 12.4 Å². The summed E-state index contributed by atoms with van der Waals surface area (Å²) in [5, 5.41) is 30.7. The highest BCUT2D eigenvalue weighted by molar-refractivity contribution is 5.81. The number of hydrogen-bond acceptors (Lipinski definition) is 7. The minimum atomic E-state index is -1.64. The number of amides is 1. The van der Waals surface area contributed by atoms with Gasteiger partial charge in [0.2, 0.25) is 0 Å². The molecular weight excluding hydrogens is 342 g/mol. The number of nitrogens with zero attached hydrogens (tertiary/aromatic N) is 1. The van der Waals surface area contributed by atoms with Crippen LogP contribution in [0.15, 0.2) is 0 Å². The summed E-state index contributed by atoms with van der Waals surface area (Å²) in [6.07, 6.45) is 0.363. The van der Waals surface area contributed by atoms with Gasteiger partial charge in [0.25, 0.3) is 5.91 Å². The summed E-state index contributed by atoms with van der Waals surface area (Å²) in [6, 6.07) is 0. The molecule has 26 heavy (non-hydrogen) atoms. The molecule has 8 heteroatoms. The third kappa shape index (κ3) is 6.14. The van der Waals surface area contributed by atoms with Crippen LogP contribution < -0.4 is 0 Å². The van der Waals surface area contributed by atoms with E-state index < -0.39 is 36.6 Å². The Kier molecular flexibility index (Phi) is 9.24. The van der Waals surface area contributed by atoms with Gasteiger partial charge in [-0.25, -0.2) is 0 Å². The first-order valence-electron chi connectivity index (χ1n) is 9.72. The van der Waals surface area contributed by atoms with Crippen molar-refractivity contribution in [3.05, 3.63) is 0 Å². The molecule has 0 bridgehead atoms. The maximum Gasteiger partial charge on any atom is 0.254 e. The zero-order chi connectivity index (χ0) is 18.9. The first-order chi connectivity index (χ1) is 12.5. The molecule has 3 N–H and O–H groups in total. The maximum atomic E-state index is 12.3. The smallest absolute Gasteiger partial charge is 0.254 e. The van der Waals surface area contributed by atoms with Gasteiger partial charge in [-0.2, -0.15) is 0 Å². The molecular formula is C18H33NO7. The topological polar surface area (TPSA) is 109 Å². The second-order valence-corrected chi connectivity index (χ2v) is 7.01. The predicted octanol–water partition coefficient (Wildman–Crippen LogP) is 0.0299. The van der Waals surface area contributed by atoms with Gasteiger partial charge in [0.05, 0.1) is 19.8 Å². The Balaban J connectivity index is 1.82. The van der Waals surface area contributed by atoms with E-state index in [1.165, 1.54) is 17.7 Å². The van der Waals surface area contributed by atoms with E-state index in [0.717, 1.165) is 19.3 Å².